The van der Waals surface area contributed by atoms with E-state index in [1.165, 1.54) is 31.4 Å². The maximum Gasteiger partial charge on any atom is 0.261 e. The van der Waals surface area contributed by atoms with Gasteiger partial charge in [-0.25, -0.2) is 13.1 Å². The number of nitrogens with one attached hydrogen (secondary N) is 2. The van der Waals surface area contributed by atoms with E-state index in [1.54, 1.807) is 46.4 Å². The Morgan fingerprint density at radius 1 is 1.02 bits per heavy atom. The molecule has 40 heavy (non-hydrogen) atoms. The third-order valence-corrected chi connectivity index (χ3v) is 8.55. The summed E-state index contributed by atoms with van der Waals surface area (Å²) in [7, 11) is -2.47. The van der Waals surface area contributed by atoms with Crippen LogP contribution in [0.3, 0.4) is 0 Å². The number of amides is 1. The lowest BCUT2D eigenvalue weighted by Crippen LogP contribution is -2.14. The first-order valence-corrected chi connectivity index (χ1v) is 15.1. The van der Waals surface area contributed by atoms with E-state index in [4.69, 9.17) is 9.84 Å². The van der Waals surface area contributed by atoms with Gasteiger partial charge in [-0.3, -0.25) is 9.52 Å². The predicted octanol–water partition coefficient (Wildman–Crippen LogP) is 6.82. The van der Waals surface area contributed by atoms with Crippen LogP contribution in [0.1, 0.15) is 5.56 Å². The second-order valence-corrected chi connectivity index (χ2v) is 12.0. The Labute approximate surface area is 244 Å². The maximum atomic E-state index is 13.0. The number of thiophene rings is 1. The minimum absolute atomic E-state index is 0.0281. The number of anilines is 2. The van der Waals surface area contributed by atoms with Crippen LogP contribution in [0.5, 0.6) is 5.75 Å². The van der Waals surface area contributed by atoms with Gasteiger partial charge in [0, 0.05) is 28.0 Å². The number of rotatable bonds is 9. The average molecular weight is 636 g/mol. The number of benzene rings is 3. The minimum atomic E-state index is -3.92. The molecule has 0 aliphatic carbocycles. The highest BCUT2D eigenvalue weighted by Gasteiger charge is 2.18. The van der Waals surface area contributed by atoms with Crippen LogP contribution in [-0.4, -0.2) is 31.2 Å². The van der Waals surface area contributed by atoms with Crippen molar-refractivity contribution in [2.24, 2.45) is 0 Å². The molecule has 0 atom stereocenters. The molecule has 2 heterocycles. The molecular weight excluding hydrogens is 612 g/mol. The fourth-order valence-corrected chi connectivity index (χ4v) is 5.93. The quantitative estimate of drug-likeness (QED) is 0.173. The summed E-state index contributed by atoms with van der Waals surface area (Å²) in [5, 5.41) is 9.44. The zero-order valence-corrected chi connectivity index (χ0v) is 24.3. The molecule has 0 saturated carbocycles. The van der Waals surface area contributed by atoms with Gasteiger partial charge in [-0.05, 0) is 72.1 Å². The molecule has 2 N–H and O–H groups in total. The van der Waals surface area contributed by atoms with Crippen molar-refractivity contribution < 1.29 is 17.9 Å². The van der Waals surface area contributed by atoms with Crippen molar-refractivity contribution in [1.82, 2.24) is 9.78 Å². The van der Waals surface area contributed by atoms with Gasteiger partial charge in [0.2, 0.25) is 5.91 Å². The second-order valence-electron chi connectivity index (χ2n) is 8.49. The predicted molar refractivity (Wildman–Crippen MR) is 162 cm³/mol. The van der Waals surface area contributed by atoms with E-state index in [2.05, 4.69) is 26.0 Å². The van der Waals surface area contributed by atoms with E-state index < -0.39 is 15.9 Å². The normalized spacial score (nSPS) is 11.4. The van der Waals surface area contributed by atoms with Crippen LogP contribution in [0.15, 0.2) is 112 Å². The zero-order chi connectivity index (χ0) is 28.1. The van der Waals surface area contributed by atoms with Crippen molar-refractivity contribution in [2.75, 3.05) is 17.1 Å². The minimum Gasteiger partial charge on any atom is -0.495 e. The zero-order valence-electron chi connectivity index (χ0n) is 21.1. The molecular formula is C29H23BrN4O4S2. The van der Waals surface area contributed by atoms with E-state index in [0.29, 0.717) is 11.4 Å². The Morgan fingerprint density at radius 2 is 1.80 bits per heavy atom. The number of carbonyl (C=O) groups is 1. The van der Waals surface area contributed by atoms with Crippen LogP contribution in [-0.2, 0) is 14.8 Å². The van der Waals surface area contributed by atoms with Gasteiger partial charge >= 0.3 is 0 Å². The fourth-order valence-electron chi connectivity index (χ4n) is 3.85. The number of aromatic nitrogens is 2. The summed E-state index contributed by atoms with van der Waals surface area (Å²) >= 11 is 4.88. The third-order valence-electron chi connectivity index (χ3n) is 5.77. The Hall–Kier alpha value is -4.19. The van der Waals surface area contributed by atoms with Crippen LogP contribution >= 0.6 is 27.3 Å². The molecule has 2 aromatic heterocycles. The smallest absolute Gasteiger partial charge is 0.261 e. The number of halogens is 1. The molecule has 0 aliphatic rings. The number of ether oxygens (including phenoxy) is 1. The standard InChI is InChI=1S/C29H23BrN4O4S2/c1-38-26-15-14-24(40(36,37)33-22-12-10-21(30)11-13-22)18-25(26)31-28(35)16-9-20-19-34(23-6-3-2-4-7-23)32-29(20)27-8-5-17-39-27/h2-19,33H,1H3,(H,31,35)/b16-9+. The van der Waals surface area contributed by atoms with Crippen molar-refractivity contribution in [2.45, 2.75) is 4.90 Å². The summed E-state index contributed by atoms with van der Waals surface area (Å²) in [6.45, 7) is 0. The Morgan fingerprint density at radius 3 is 2.50 bits per heavy atom. The van der Waals surface area contributed by atoms with Crippen molar-refractivity contribution in [3.63, 3.8) is 0 Å². The highest BCUT2D eigenvalue weighted by Crippen LogP contribution is 2.30. The number of hydrogen-bond donors (Lipinski definition) is 2. The van der Waals surface area contributed by atoms with Gasteiger partial charge in [0.1, 0.15) is 11.4 Å². The molecule has 0 aliphatic heterocycles. The molecule has 8 nitrogen and oxygen atoms in total. The van der Waals surface area contributed by atoms with Crippen LogP contribution in [0, 0.1) is 0 Å². The molecule has 0 spiro atoms. The molecule has 0 unspecified atom stereocenters. The van der Waals surface area contributed by atoms with Gasteiger partial charge in [-0.15, -0.1) is 11.3 Å². The summed E-state index contributed by atoms with van der Waals surface area (Å²) in [5.41, 5.74) is 3.01. The number of sulfonamides is 1. The molecule has 11 heteroatoms. The lowest BCUT2D eigenvalue weighted by molar-refractivity contribution is -0.111. The molecule has 3 aromatic carbocycles. The van der Waals surface area contributed by atoms with Crippen LogP contribution < -0.4 is 14.8 Å². The lowest BCUT2D eigenvalue weighted by Gasteiger charge is -2.13. The molecule has 5 aromatic rings. The van der Waals surface area contributed by atoms with Gasteiger partial charge in [0.05, 0.1) is 28.3 Å². The maximum absolute atomic E-state index is 13.0. The molecule has 0 bridgehead atoms. The summed E-state index contributed by atoms with van der Waals surface area (Å²) in [6.07, 6.45) is 4.92. The topological polar surface area (TPSA) is 102 Å². The average Bonchev–Trinajstić information content (AvgIpc) is 3.64. The molecule has 0 fully saturated rings. The first-order chi connectivity index (χ1) is 19.3. The van der Waals surface area contributed by atoms with Gasteiger partial charge in [-0.1, -0.05) is 40.2 Å². The van der Waals surface area contributed by atoms with Gasteiger partial charge in [0.25, 0.3) is 10.0 Å². The largest absolute Gasteiger partial charge is 0.495 e. The molecule has 5 rings (SSSR count). The van der Waals surface area contributed by atoms with Crippen molar-refractivity contribution in [1.29, 1.82) is 0 Å². The number of carbonyl (C=O) groups excluding carboxylic acids is 1. The van der Waals surface area contributed by atoms with E-state index >= 15 is 0 Å². The summed E-state index contributed by atoms with van der Waals surface area (Å²) in [5.74, 6) is -0.140. The van der Waals surface area contributed by atoms with E-state index in [-0.39, 0.29) is 10.6 Å². The van der Waals surface area contributed by atoms with Crippen molar-refractivity contribution >= 4 is 60.6 Å². The van der Waals surface area contributed by atoms with Gasteiger partial charge in [-0.2, -0.15) is 5.10 Å². The highest BCUT2D eigenvalue weighted by atomic mass is 79.9. The SMILES string of the molecule is COc1ccc(S(=O)(=O)Nc2ccc(Br)cc2)cc1NC(=O)/C=C/c1cn(-c2ccccc2)nc1-c1cccs1. The second kappa shape index (κ2) is 11.9. The molecule has 1 amide bonds. The van der Waals surface area contributed by atoms with Crippen LogP contribution in [0.4, 0.5) is 11.4 Å². The van der Waals surface area contributed by atoms with Crippen LogP contribution in [0.2, 0.25) is 0 Å². The lowest BCUT2D eigenvalue weighted by atomic mass is 10.2. The fraction of sp³-hybridized carbons (Fsp3) is 0.0345. The summed E-state index contributed by atoms with van der Waals surface area (Å²) < 4.78 is 36.5. The first-order valence-electron chi connectivity index (χ1n) is 12.0. The number of para-hydroxylation sites is 1. The third kappa shape index (κ3) is 6.33. The van der Waals surface area contributed by atoms with E-state index in [1.807, 2.05) is 54.0 Å². The summed E-state index contributed by atoms with van der Waals surface area (Å²) in [6, 6.07) is 24.6. The van der Waals surface area contributed by atoms with Crippen molar-refractivity contribution in [3.8, 4) is 22.0 Å². The first kappa shape index (κ1) is 27.4. The Kier molecular flexibility index (Phi) is 8.15. The summed E-state index contributed by atoms with van der Waals surface area (Å²) in [4.78, 5) is 13.9. The van der Waals surface area contributed by atoms with Gasteiger partial charge in [0.15, 0.2) is 0 Å². The Balaban J connectivity index is 1.39. The highest BCUT2D eigenvalue weighted by molar-refractivity contribution is 9.10. The molecule has 202 valence electrons. The van der Waals surface area contributed by atoms with Gasteiger partial charge < -0.3 is 10.1 Å². The Bertz CT molecular complexity index is 1770. The monoisotopic (exact) mass is 634 g/mol. The van der Waals surface area contributed by atoms with E-state index in [0.717, 1.165) is 26.3 Å². The molecule has 0 radical (unpaired) electrons. The van der Waals surface area contributed by atoms with Crippen molar-refractivity contribution in [3.05, 3.63) is 113 Å². The van der Waals surface area contributed by atoms with Crippen LogP contribution in [0.25, 0.3) is 22.3 Å². The van der Waals surface area contributed by atoms with E-state index in [9.17, 15) is 13.2 Å². The number of nitrogens with zero attached hydrogens (tertiary/aromatic N) is 2. The molecule has 0 saturated heterocycles. The number of methoxy groups -OCH3 is 1. The number of hydrogen-bond acceptors (Lipinski definition) is 6.